The second kappa shape index (κ2) is 9.43. The molecule has 10 heteroatoms. The van der Waals surface area contributed by atoms with Crippen molar-refractivity contribution in [3.63, 3.8) is 0 Å². The van der Waals surface area contributed by atoms with E-state index in [0.717, 1.165) is 34.5 Å². The van der Waals surface area contributed by atoms with Gasteiger partial charge in [0.1, 0.15) is 12.4 Å². The van der Waals surface area contributed by atoms with Gasteiger partial charge in [-0.25, -0.2) is 9.78 Å². The Kier molecular flexibility index (Phi) is 7.22. The van der Waals surface area contributed by atoms with Crippen molar-refractivity contribution in [1.82, 2.24) is 9.88 Å². The van der Waals surface area contributed by atoms with Crippen LogP contribution in [0.3, 0.4) is 0 Å². The number of aromatic carboxylic acids is 1. The minimum absolute atomic E-state index is 0.0886. The van der Waals surface area contributed by atoms with Gasteiger partial charge < -0.3 is 14.7 Å². The third kappa shape index (κ3) is 5.71. The first kappa shape index (κ1) is 20.7. The zero-order valence-electron chi connectivity index (χ0n) is 14.1. The van der Waals surface area contributed by atoms with E-state index in [9.17, 15) is 4.79 Å². The zero-order chi connectivity index (χ0) is 19.4. The molecular weight excluding hydrogens is 447 g/mol. The first-order valence-electron chi connectivity index (χ1n) is 8.12. The minimum atomic E-state index is -1.00. The van der Waals surface area contributed by atoms with Crippen LogP contribution in [0.1, 0.15) is 23.3 Å². The summed E-state index contributed by atoms with van der Waals surface area (Å²) >= 11 is 20.4. The summed E-state index contributed by atoms with van der Waals surface area (Å²) in [7, 11) is 0. The minimum Gasteiger partial charge on any atom is -0.491 e. The fourth-order valence-corrected chi connectivity index (χ4v) is 5.40. The molecule has 144 valence electrons. The third-order valence-electron chi connectivity index (χ3n) is 3.99. The number of thioether (sulfide) groups is 1. The lowest BCUT2D eigenvalue weighted by Crippen LogP contribution is -2.37. The van der Waals surface area contributed by atoms with Crippen LogP contribution in [0.15, 0.2) is 27.9 Å². The summed E-state index contributed by atoms with van der Waals surface area (Å²) in [5.41, 5.74) is 0.0886. The molecule has 27 heavy (non-hydrogen) atoms. The highest BCUT2D eigenvalue weighted by molar-refractivity contribution is 8.01. The summed E-state index contributed by atoms with van der Waals surface area (Å²) in [5.74, 6) is 0.410. The van der Waals surface area contributed by atoms with Crippen molar-refractivity contribution in [3.05, 3.63) is 39.3 Å². The molecule has 0 aliphatic carbocycles. The summed E-state index contributed by atoms with van der Waals surface area (Å²) in [6.45, 7) is 1.26. The van der Waals surface area contributed by atoms with E-state index in [1.807, 2.05) is 0 Å². The number of thiazole rings is 1. The predicted molar refractivity (Wildman–Crippen MR) is 114 cm³/mol. The molecule has 1 aromatic heterocycles. The molecule has 0 spiro atoms. The summed E-state index contributed by atoms with van der Waals surface area (Å²) < 4.78 is 6.62. The maximum atomic E-state index is 10.9. The smallest absolute Gasteiger partial charge is 0.355 e. The van der Waals surface area contributed by atoms with Crippen LogP contribution in [0, 0.1) is 0 Å². The number of thiocarbonyl (C=S) groups is 1. The molecule has 0 bridgehead atoms. The number of rotatable bonds is 8. The molecule has 0 radical (unpaired) electrons. The molecular formula is C17H16Cl2N2O3S3. The van der Waals surface area contributed by atoms with Crippen LogP contribution in [0.2, 0.25) is 10.0 Å². The van der Waals surface area contributed by atoms with Gasteiger partial charge in [-0.1, -0.05) is 47.2 Å². The van der Waals surface area contributed by atoms with Crippen LogP contribution >= 0.6 is 58.5 Å². The molecule has 0 unspecified atom stereocenters. The van der Waals surface area contributed by atoms with Gasteiger partial charge in [0, 0.05) is 27.7 Å². The average Bonchev–Trinajstić information content (AvgIpc) is 3.20. The Morgan fingerprint density at radius 1 is 1.41 bits per heavy atom. The number of likely N-dealkylation sites (tertiary alicyclic amines) is 1. The summed E-state index contributed by atoms with van der Waals surface area (Å²) in [5, 5.41) is 11.6. The van der Waals surface area contributed by atoms with Crippen molar-refractivity contribution in [2.24, 2.45) is 0 Å². The van der Waals surface area contributed by atoms with Crippen molar-refractivity contribution in [2.45, 2.75) is 23.2 Å². The Balaban J connectivity index is 1.51. The van der Waals surface area contributed by atoms with Crippen molar-refractivity contribution in [3.8, 4) is 5.75 Å². The lowest BCUT2D eigenvalue weighted by atomic mass is 10.2. The highest BCUT2D eigenvalue weighted by Gasteiger charge is 2.28. The Labute approximate surface area is 180 Å². The molecule has 0 amide bonds. The van der Waals surface area contributed by atoms with Gasteiger partial charge in [0.05, 0.1) is 11.0 Å². The second-order valence-electron chi connectivity index (χ2n) is 5.85. The number of carboxylic acid groups (broad SMARTS) is 1. The summed E-state index contributed by atoms with van der Waals surface area (Å²) in [6.07, 6.45) is 1.81. The van der Waals surface area contributed by atoms with Crippen LogP contribution in [-0.2, 0) is 0 Å². The maximum absolute atomic E-state index is 10.9. The molecule has 1 saturated heterocycles. The van der Waals surface area contributed by atoms with E-state index in [0.29, 0.717) is 22.4 Å². The van der Waals surface area contributed by atoms with E-state index in [4.69, 9.17) is 45.3 Å². The van der Waals surface area contributed by atoms with Gasteiger partial charge in [0.2, 0.25) is 0 Å². The molecule has 1 aromatic carbocycles. The molecule has 5 nitrogen and oxygen atoms in total. The maximum Gasteiger partial charge on any atom is 0.355 e. The van der Waals surface area contributed by atoms with Crippen LogP contribution in [0.25, 0.3) is 0 Å². The Hall–Kier alpha value is -1.06. The molecule has 2 aromatic rings. The Morgan fingerprint density at radius 2 is 2.15 bits per heavy atom. The van der Waals surface area contributed by atoms with Crippen molar-refractivity contribution in [2.75, 3.05) is 18.9 Å². The van der Waals surface area contributed by atoms with Gasteiger partial charge in [0.25, 0.3) is 0 Å². The highest BCUT2D eigenvalue weighted by atomic mass is 35.5. The van der Waals surface area contributed by atoms with E-state index in [1.165, 1.54) is 23.1 Å². The van der Waals surface area contributed by atoms with Gasteiger partial charge >= 0.3 is 5.97 Å². The second-order valence-corrected chi connectivity index (χ2v) is 9.39. The van der Waals surface area contributed by atoms with Gasteiger partial charge in [-0.15, -0.1) is 11.3 Å². The van der Waals surface area contributed by atoms with Crippen LogP contribution in [0.5, 0.6) is 5.75 Å². The van der Waals surface area contributed by atoms with E-state index >= 15 is 0 Å². The number of carbonyl (C=O) groups is 1. The van der Waals surface area contributed by atoms with E-state index in [-0.39, 0.29) is 11.7 Å². The largest absolute Gasteiger partial charge is 0.491 e. The van der Waals surface area contributed by atoms with Crippen molar-refractivity contribution in [1.29, 1.82) is 0 Å². The quantitative estimate of drug-likeness (QED) is 0.431. The number of carboxylic acids is 1. The van der Waals surface area contributed by atoms with Crippen LogP contribution in [0.4, 0.5) is 0 Å². The first-order chi connectivity index (χ1) is 12.9. The fourth-order valence-electron chi connectivity index (χ4n) is 2.73. The predicted octanol–water partition coefficient (Wildman–Crippen LogP) is 5.11. The SMILES string of the molecule is O=C(O)c1csc(SCCN2C(=S)CC[C@@H]2COc2cc(Cl)cc(Cl)c2)n1. The number of hydrogen-bond acceptors (Lipinski definition) is 6. The number of ether oxygens (including phenoxy) is 1. The van der Waals surface area contributed by atoms with Gasteiger partial charge in [-0.3, -0.25) is 0 Å². The Morgan fingerprint density at radius 3 is 2.81 bits per heavy atom. The normalized spacial score (nSPS) is 16.7. The topological polar surface area (TPSA) is 62.7 Å². The van der Waals surface area contributed by atoms with E-state index in [1.54, 1.807) is 23.6 Å². The Bertz CT molecular complexity index is 826. The molecule has 3 rings (SSSR count). The third-order valence-corrected chi connectivity index (χ3v) is 6.87. The molecule has 1 aliphatic heterocycles. The summed E-state index contributed by atoms with van der Waals surface area (Å²) in [4.78, 5) is 18.1. The van der Waals surface area contributed by atoms with E-state index in [2.05, 4.69) is 9.88 Å². The molecule has 1 fully saturated rings. The lowest BCUT2D eigenvalue weighted by Gasteiger charge is -2.26. The molecule has 1 aliphatic rings. The summed E-state index contributed by atoms with van der Waals surface area (Å²) in [6, 6.07) is 5.34. The molecule has 1 atom stereocenters. The monoisotopic (exact) mass is 462 g/mol. The van der Waals surface area contributed by atoms with Gasteiger partial charge in [-0.2, -0.15) is 0 Å². The lowest BCUT2D eigenvalue weighted by molar-refractivity contribution is 0.0691. The number of aromatic nitrogens is 1. The van der Waals surface area contributed by atoms with Gasteiger partial charge in [0.15, 0.2) is 10.0 Å². The number of nitrogens with zero attached hydrogens (tertiary/aromatic N) is 2. The fraction of sp³-hybridized carbons (Fsp3) is 0.353. The van der Waals surface area contributed by atoms with Crippen LogP contribution < -0.4 is 4.74 Å². The standard InChI is InChI=1S/C17H16Cl2N2O3S3/c18-10-5-11(19)7-13(6-10)24-8-12-1-2-15(25)21(12)3-4-26-17-20-14(9-27-17)16(22)23/h5-7,9,12H,1-4,8H2,(H,22,23)/t12-/m1/s1. The van der Waals surface area contributed by atoms with Crippen molar-refractivity contribution < 1.29 is 14.6 Å². The first-order valence-corrected chi connectivity index (χ1v) is 11.2. The molecule has 1 N–H and O–H groups in total. The average molecular weight is 463 g/mol. The number of benzene rings is 1. The van der Waals surface area contributed by atoms with Gasteiger partial charge in [-0.05, 0) is 31.0 Å². The number of halogens is 2. The number of hydrogen-bond donors (Lipinski definition) is 1. The van der Waals surface area contributed by atoms with Crippen molar-refractivity contribution >= 4 is 69.5 Å². The van der Waals surface area contributed by atoms with Crippen LogP contribution in [-0.4, -0.2) is 50.9 Å². The highest BCUT2D eigenvalue weighted by Crippen LogP contribution is 2.28. The zero-order valence-corrected chi connectivity index (χ0v) is 18.0. The molecule has 0 saturated carbocycles. The molecule has 2 heterocycles. The van der Waals surface area contributed by atoms with E-state index < -0.39 is 5.97 Å².